The lowest BCUT2D eigenvalue weighted by Crippen LogP contribution is -2.36. The van der Waals surface area contributed by atoms with Gasteiger partial charge in [-0.2, -0.15) is 0 Å². The lowest BCUT2D eigenvalue weighted by atomic mass is 10.1. The van der Waals surface area contributed by atoms with Crippen molar-refractivity contribution in [3.8, 4) is 0 Å². The van der Waals surface area contributed by atoms with Gasteiger partial charge in [0.05, 0.1) is 4.91 Å². The van der Waals surface area contributed by atoms with Crippen LogP contribution in [0.25, 0.3) is 6.08 Å². The molecule has 0 spiro atoms. The van der Waals surface area contributed by atoms with Crippen molar-refractivity contribution in [2.24, 2.45) is 0 Å². The third-order valence-corrected chi connectivity index (χ3v) is 6.51. The Morgan fingerprint density at radius 3 is 2.52 bits per heavy atom. The first-order valence-electron chi connectivity index (χ1n) is 10.4. The molecule has 2 aliphatic rings. The molecule has 0 radical (unpaired) electrons. The fourth-order valence-electron chi connectivity index (χ4n) is 3.82. The molecular weight excluding hydrogens is 410 g/mol. The van der Waals surface area contributed by atoms with Crippen molar-refractivity contribution < 1.29 is 14.4 Å². The first-order chi connectivity index (χ1) is 14.9. The summed E-state index contributed by atoms with van der Waals surface area (Å²) in [5, 5.41) is 2.34. The molecule has 2 aromatic rings. The number of nitrogens with zero attached hydrogens (tertiary/aromatic N) is 2. The number of imide groups is 1. The molecule has 0 saturated carbocycles. The Hall–Kier alpha value is -3.06. The fraction of sp³-hybridized carbons (Fsp3) is 0.292. The summed E-state index contributed by atoms with van der Waals surface area (Å²) in [5.74, 6) is -0.832. The van der Waals surface area contributed by atoms with Gasteiger partial charge in [-0.25, -0.2) is 0 Å². The average Bonchev–Trinajstić information content (AvgIpc) is 3.36. The molecule has 2 aliphatic heterocycles. The lowest BCUT2D eigenvalue weighted by Gasteiger charge is -2.18. The molecule has 2 heterocycles. The zero-order valence-corrected chi connectivity index (χ0v) is 18.5. The van der Waals surface area contributed by atoms with Crippen molar-refractivity contribution in [2.45, 2.75) is 26.7 Å². The van der Waals surface area contributed by atoms with Crippen LogP contribution in [0, 0.1) is 13.8 Å². The minimum absolute atomic E-state index is 0.302. The van der Waals surface area contributed by atoms with Crippen molar-refractivity contribution >= 4 is 46.3 Å². The van der Waals surface area contributed by atoms with Crippen LogP contribution in [0.15, 0.2) is 47.4 Å². The van der Waals surface area contributed by atoms with Crippen LogP contribution in [0.2, 0.25) is 0 Å². The third kappa shape index (κ3) is 4.66. The molecule has 31 heavy (non-hydrogen) atoms. The number of hydrogen-bond acceptors (Lipinski definition) is 5. The number of carbonyl (C=O) groups excluding carboxylic acids is 3. The van der Waals surface area contributed by atoms with Crippen LogP contribution in [0.5, 0.6) is 0 Å². The van der Waals surface area contributed by atoms with Crippen molar-refractivity contribution in [1.29, 1.82) is 0 Å². The molecule has 2 saturated heterocycles. The minimum atomic E-state index is -0.432. The number of para-hydroxylation sites is 1. The zero-order chi connectivity index (χ0) is 22.0. The monoisotopic (exact) mass is 435 g/mol. The molecule has 2 aromatic carbocycles. The number of benzene rings is 2. The second-order valence-electron chi connectivity index (χ2n) is 7.87. The molecule has 0 unspecified atom stereocenters. The van der Waals surface area contributed by atoms with E-state index in [-0.39, 0.29) is 6.54 Å². The zero-order valence-electron chi connectivity index (χ0n) is 17.7. The quantitative estimate of drug-likeness (QED) is 0.697. The summed E-state index contributed by atoms with van der Waals surface area (Å²) in [5.41, 5.74) is 4.72. The Labute approximate surface area is 186 Å². The standard InChI is InChI=1S/C24H25N3O3S/c1-16-7-3-4-8-20(16)25-22(28)15-27-23(29)21(31-24(27)30)14-18-9-10-19(13-17(18)2)26-11-5-6-12-26/h3-4,7-10,13-14H,5-6,11-12,15H2,1-2H3,(H,25,28)/b21-14-. The Morgan fingerprint density at radius 2 is 1.81 bits per heavy atom. The molecule has 6 nitrogen and oxygen atoms in total. The van der Waals surface area contributed by atoms with Crippen LogP contribution in [-0.4, -0.2) is 41.6 Å². The molecule has 0 aliphatic carbocycles. The predicted molar refractivity (Wildman–Crippen MR) is 125 cm³/mol. The number of carbonyl (C=O) groups is 3. The highest BCUT2D eigenvalue weighted by Crippen LogP contribution is 2.33. The van der Waals surface area contributed by atoms with Gasteiger partial charge in [-0.3, -0.25) is 19.3 Å². The Morgan fingerprint density at radius 1 is 1.06 bits per heavy atom. The summed E-state index contributed by atoms with van der Waals surface area (Å²) in [6, 6.07) is 13.5. The molecule has 2 fully saturated rings. The number of aryl methyl sites for hydroxylation is 2. The summed E-state index contributed by atoms with van der Waals surface area (Å²) >= 11 is 0.874. The summed E-state index contributed by atoms with van der Waals surface area (Å²) in [4.78, 5) is 41.3. The van der Waals surface area contributed by atoms with E-state index in [2.05, 4.69) is 22.3 Å². The van der Waals surface area contributed by atoms with Gasteiger partial charge in [0.2, 0.25) is 5.91 Å². The van der Waals surface area contributed by atoms with Crippen molar-refractivity contribution in [3.63, 3.8) is 0 Å². The first-order valence-corrected chi connectivity index (χ1v) is 11.2. The van der Waals surface area contributed by atoms with Gasteiger partial charge in [-0.1, -0.05) is 24.3 Å². The lowest BCUT2D eigenvalue weighted by molar-refractivity contribution is -0.127. The largest absolute Gasteiger partial charge is 0.372 e. The van der Waals surface area contributed by atoms with E-state index in [1.165, 1.54) is 18.5 Å². The van der Waals surface area contributed by atoms with Crippen LogP contribution in [-0.2, 0) is 9.59 Å². The summed E-state index contributed by atoms with van der Waals surface area (Å²) in [6.45, 7) is 5.73. The number of nitrogens with one attached hydrogen (secondary N) is 1. The predicted octanol–water partition coefficient (Wildman–Crippen LogP) is 4.58. The van der Waals surface area contributed by atoms with Crippen LogP contribution in [0.4, 0.5) is 16.2 Å². The molecule has 160 valence electrons. The fourth-order valence-corrected chi connectivity index (χ4v) is 4.65. The van der Waals surface area contributed by atoms with Gasteiger partial charge in [0.15, 0.2) is 0 Å². The first kappa shape index (κ1) is 21.2. The molecule has 7 heteroatoms. The SMILES string of the molecule is Cc1cc(N2CCCC2)ccc1/C=C1\SC(=O)N(CC(=O)Nc2ccccc2C)C1=O. The van der Waals surface area contributed by atoms with E-state index in [0.717, 1.165) is 46.4 Å². The highest BCUT2D eigenvalue weighted by Gasteiger charge is 2.36. The smallest absolute Gasteiger partial charge is 0.294 e. The maximum absolute atomic E-state index is 12.8. The highest BCUT2D eigenvalue weighted by atomic mass is 32.2. The normalized spacial score (nSPS) is 17.7. The van der Waals surface area contributed by atoms with Crippen molar-refractivity contribution in [2.75, 3.05) is 29.9 Å². The minimum Gasteiger partial charge on any atom is -0.372 e. The third-order valence-electron chi connectivity index (χ3n) is 5.61. The molecule has 0 aromatic heterocycles. The van der Waals surface area contributed by atoms with E-state index >= 15 is 0 Å². The van der Waals surface area contributed by atoms with E-state index in [0.29, 0.717) is 10.6 Å². The number of anilines is 2. The topological polar surface area (TPSA) is 69.7 Å². The van der Waals surface area contributed by atoms with Gasteiger partial charge in [-0.15, -0.1) is 0 Å². The van der Waals surface area contributed by atoms with Gasteiger partial charge < -0.3 is 10.2 Å². The van der Waals surface area contributed by atoms with Gasteiger partial charge in [0.25, 0.3) is 11.1 Å². The Bertz CT molecular complexity index is 1070. The Kier molecular flexibility index (Phi) is 6.13. The second kappa shape index (κ2) is 8.98. The average molecular weight is 436 g/mol. The second-order valence-corrected chi connectivity index (χ2v) is 8.86. The maximum Gasteiger partial charge on any atom is 0.294 e. The number of thioether (sulfide) groups is 1. The Balaban J connectivity index is 1.45. The van der Waals surface area contributed by atoms with Crippen LogP contribution in [0.1, 0.15) is 29.5 Å². The van der Waals surface area contributed by atoms with Gasteiger partial charge in [-0.05, 0) is 79.4 Å². The maximum atomic E-state index is 12.8. The van der Waals surface area contributed by atoms with Crippen molar-refractivity contribution in [3.05, 3.63) is 64.1 Å². The molecule has 4 rings (SSSR count). The molecule has 1 N–H and O–H groups in total. The van der Waals surface area contributed by atoms with Crippen LogP contribution in [0.3, 0.4) is 0 Å². The van der Waals surface area contributed by atoms with E-state index in [9.17, 15) is 14.4 Å². The van der Waals surface area contributed by atoms with E-state index in [1.54, 1.807) is 12.1 Å². The van der Waals surface area contributed by atoms with Crippen molar-refractivity contribution in [1.82, 2.24) is 4.90 Å². The van der Waals surface area contributed by atoms with Gasteiger partial charge >= 0.3 is 0 Å². The van der Waals surface area contributed by atoms with Crippen LogP contribution >= 0.6 is 11.8 Å². The number of hydrogen-bond donors (Lipinski definition) is 1. The number of amides is 3. The number of rotatable bonds is 5. The van der Waals surface area contributed by atoms with Crippen LogP contribution < -0.4 is 10.2 Å². The highest BCUT2D eigenvalue weighted by molar-refractivity contribution is 8.18. The van der Waals surface area contributed by atoms with E-state index in [4.69, 9.17) is 0 Å². The molecular formula is C24H25N3O3S. The summed E-state index contributed by atoms with van der Waals surface area (Å²) in [7, 11) is 0. The summed E-state index contributed by atoms with van der Waals surface area (Å²) in [6.07, 6.45) is 4.17. The van der Waals surface area contributed by atoms with Gasteiger partial charge in [0.1, 0.15) is 6.54 Å². The van der Waals surface area contributed by atoms with E-state index < -0.39 is 17.1 Å². The molecule has 3 amide bonds. The summed E-state index contributed by atoms with van der Waals surface area (Å²) < 4.78 is 0. The molecule has 0 bridgehead atoms. The van der Waals surface area contributed by atoms with Gasteiger partial charge in [0, 0.05) is 24.5 Å². The van der Waals surface area contributed by atoms with E-state index in [1.807, 2.05) is 38.1 Å². The molecule has 0 atom stereocenters.